The Labute approximate surface area is 166 Å². The van der Waals surface area contributed by atoms with Gasteiger partial charge in [0.1, 0.15) is 16.9 Å². The van der Waals surface area contributed by atoms with E-state index in [2.05, 4.69) is 4.98 Å². The Morgan fingerprint density at radius 1 is 1.26 bits per heavy atom. The van der Waals surface area contributed by atoms with E-state index in [9.17, 15) is 14.3 Å². The van der Waals surface area contributed by atoms with Crippen molar-refractivity contribution in [3.8, 4) is 0 Å². The van der Waals surface area contributed by atoms with E-state index in [4.69, 9.17) is 23.2 Å². The van der Waals surface area contributed by atoms with Crippen molar-refractivity contribution in [3.05, 3.63) is 69.0 Å². The van der Waals surface area contributed by atoms with Crippen LogP contribution in [0.1, 0.15) is 28.4 Å². The van der Waals surface area contributed by atoms with E-state index in [0.717, 1.165) is 5.56 Å². The van der Waals surface area contributed by atoms with Gasteiger partial charge in [0, 0.05) is 35.4 Å². The minimum absolute atomic E-state index is 0.0217. The predicted octanol–water partition coefficient (Wildman–Crippen LogP) is 5.43. The highest BCUT2D eigenvalue weighted by molar-refractivity contribution is 6.32. The van der Waals surface area contributed by atoms with Gasteiger partial charge in [0.05, 0.1) is 0 Å². The number of nitrogens with zero attached hydrogens (tertiary/aromatic N) is 2. The van der Waals surface area contributed by atoms with E-state index < -0.39 is 11.8 Å². The number of hydrogen-bond donors (Lipinski definition) is 1. The van der Waals surface area contributed by atoms with Crippen molar-refractivity contribution >= 4 is 45.9 Å². The third-order valence-electron chi connectivity index (χ3n) is 4.47. The van der Waals surface area contributed by atoms with Gasteiger partial charge in [0.25, 0.3) is 0 Å². The first-order chi connectivity index (χ1) is 12.8. The molecule has 1 aromatic heterocycles. The zero-order chi connectivity index (χ0) is 19.7. The predicted molar refractivity (Wildman–Crippen MR) is 107 cm³/mol. The number of halogens is 3. The fraction of sp³-hybridized carbons (Fsp3) is 0.200. The number of carbonyl (C=O) groups is 1. The normalized spacial score (nSPS) is 11.0. The van der Waals surface area contributed by atoms with Crippen LogP contribution in [0.5, 0.6) is 0 Å². The van der Waals surface area contributed by atoms with Crippen LogP contribution in [-0.4, -0.2) is 29.7 Å². The molecule has 1 N–H and O–H groups in total. The average molecular weight is 407 g/mol. The molecule has 0 spiro atoms. The zero-order valence-electron chi connectivity index (χ0n) is 14.8. The molecule has 0 radical (unpaired) electrons. The Morgan fingerprint density at radius 3 is 2.59 bits per heavy atom. The number of rotatable bonds is 5. The lowest BCUT2D eigenvalue weighted by Crippen LogP contribution is -2.22. The number of aromatic carboxylic acids is 1. The van der Waals surface area contributed by atoms with Crippen LogP contribution in [-0.2, 0) is 6.42 Å². The van der Waals surface area contributed by atoms with Crippen molar-refractivity contribution in [1.29, 1.82) is 0 Å². The molecular weight excluding hydrogens is 390 g/mol. The summed E-state index contributed by atoms with van der Waals surface area (Å²) < 4.78 is 14.6. The van der Waals surface area contributed by atoms with Crippen LogP contribution in [0.3, 0.4) is 0 Å². The second-order valence-electron chi connectivity index (χ2n) is 6.16. The highest BCUT2D eigenvalue weighted by Crippen LogP contribution is 2.34. The molecule has 3 rings (SSSR count). The molecule has 1 heterocycles. The van der Waals surface area contributed by atoms with Gasteiger partial charge in [-0.05, 0) is 36.2 Å². The number of carboxylic acids is 1. The summed E-state index contributed by atoms with van der Waals surface area (Å²) in [5.74, 6) is -1.52. The molecule has 4 nitrogen and oxygen atoms in total. The number of anilines is 1. The number of hydrogen-bond acceptors (Lipinski definition) is 3. The summed E-state index contributed by atoms with van der Waals surface area (Å²) in [7, 11) is 1.72. The van der Waals surface area contributed by atoms with Gasteiger partial charge in [0.2, 0.25) is 0 Å². The van der Waals surface area contributed by atoms with E-state index in [-0.39, 0.29) is 28.3 Å². The average Bonchev–Trinajstić information content (AvgIpc) is 2.62. The first-order valence-electron chi connectivity index (χ1n) is 8.33. The number of carboxylic acid groups (broad SMARTS) is 1. The lowest BCUT2D eigenvalue weighted by Gasteiger charge is -2.22. The molecule has 0 aliphatic carbocycles. The summed E-state index contributed by atoms with van der Waals surface area (Å²) in [4.78, 5) is 18.1. The van der Waals surface area contributed by atoms with E-state index in [1.54, 1.807) is 30.1 Å². The van der Waals surface area contributed by atoms with Crippen molar-refractivity contribution in [2.24, 2.45) is 0 Å². The van der Waals surface area contributed by atoms with E-state index in [0.29, 0.717) is 22.5 Å². The van der Waals surface area contributed by atoms with Gasteiger partial charge in [-0.2, -0.15) is 0 Å². The van der Waals surface area contributed by atoms with Crippen LogP contribution < -0.4 is 4.90 Å². The van der Waals surface area contributed by atoms with Crippen molar-refractivity contribution in [2.45, 2.75) is 13.3 Å². The third-order valence-corrected chi connectivity index (χ3v) is 5.06. The minimum Gasteiger partial charge on any atom is -0.478 e. The zero-order valence-corrected chi connectivity index (χ0v) is 16.3. The molecule has 0 aliphatic heterocycles. The second-order valence-corrected chi connectivity index (χ2v) is 7.00. The van der Waals surface area contributed by atoms with Crippen LogP contribution >= 0.6 is 23.2 Å². The highest BCUT2D eigenvalue weighted by Gasteiger charge is 2.25. The number of fused-ring (bicyclic) bond motifs is 1. The summed E-state index contributed by atoms with van der Waals surface area (Å²) in [6.45, 7) is 2.38. The molecule has 3 aromatic rings. The Morgan fingerprint density at radius 2 is 1.96 bits per heavy atom. The Balaban J connectivity index is 2.41. The molecule has 7 heteroatoms. The van der Waals surface area contributed by atoms with Gasteiger partial charge >= 0.3 is 5.97 Å². The fourth-order valence-corrected chi connectivity index (χ4v) is 3.42. The van der Waals surface area contributed by atoms with Crippen LogP contribution in [0.25, 0.3) is 10.9 Å². The molecule has 0 saturated heterocycles. The summed E-state index contributed by atoms with van der Waals surface area (Å²) in [6, 6.07) is 9.87. The summed E-state index contributed by atoms with van der Waals surface area (Å²) in [6.07, 6.45) is 0.213. The third kappa shape index (κ3) is 3.70. The maximum Gasteiger partial charge on any atom is 0.339 e. The van der Waals surface area contributed by atoms with Gasteiger partial charge in [-0.1, -0.05) is 41.4 Å². The van der Waals surface area contributed by atoms with Gasteiger partial charge in [-0.15, -0.1) is 0 Å². The smallest absolute Gasteiger partial charge is 0.339 e. The number of benzene rings is 2. The first kappa shape index (κ1) is 19.4. The molecule has 140 valence electrons. The lowest BCUT2D eigenvalue weighted by molar-refractivity contribution is 0.0696. The first-order valence-corrected chi connectivity index (χ1v) is 9.08. The van der Waals surface area contributed by atoms with Crippen molar-refractivity contribution in [3.63, 3.8) is 0 Å². The summed E-state index contributed by atoms with van der Waals surface area (Å²) in [5, 5.41) is 11.0. The monoisotopic (exact) mass is 406 g/mol. The summed E-state index contributed by atoms with van der Waals surface area (Å²) in [5.41, 5.74) is 1.27. The molecule has 27 heavy (non-hydrogen) atoms. The molecule has 0 bridgehead atoms. The van der Waals surface area contributed by atoms with E-state index in [1.165, 1.54) is 6.07 Å². The molecule has 0 atom stereocenters. The van der Waals surface area contributed by atoms with Crippen LogP contribution in [0, 0.1) is 5.82 Å². The molecule has 0 saturated carbocycles. The number of aromatic nitrogens is 1. The molecule has 2 aromatic carbocycles. The minimum atomic E-state index is -1.14. The second kappa shape index (κ2) is 7.71. The maximum absolute atomic E-state index is 14.6. The largest absolute Gasteiger partial charge is 0.478 e. The van der Waals surface area contributed by atoms with Gasteiger partial charge < -0.3 is 10.0 Å². The van der Waals surface area contributed by atoms with Crippen LogP contribution in [0.4, 0.5) is 10.2 Å². The Bertz CT molecular complexity index is 1040. The fourth-order valence-electron chi connectivity index (χ4n) is 3.01. The highest BCUT2D eigenvalue weighted by atomic mass is 35.5. The molecule has 0 fully saturated rings. The van der Waals surface area contributed by atoms with Gasteiger partial charge in [-0.25, -0.2) is 14.2 Å². The SMILES string of the molecule is CCN(C)c1nc2c(F)cc(Cl)cc2c(Cc2ccccc2Cl)c1C(=O)O. The Kier molecular flexibility index (Phi) is 5.53. The van der Waals surface area contributed by atoms with Gasteiger partial charge in [0.15, 0.2) is 5.82 Å². The van der Waals surface area contributed by atoms with Crippen molar-refractivity contribution < 1.29 is 14.3 Å². The lowest BCUT2D eigenvalue weighted by atomic mass is 9.95. The molecule has 0 aliphatic rings. The Hall–Kier alpha value is -2.37. The van der Waals surface area contributed by atoms with Gasteiger partial charge in [-0.3, -0.25) is 0 Å². The summed E-state index contributed by atoms with van der Waals surface area (Å²) >= 11 is 12.3. The van der Waals surface area contributed by atoms with E-state index in [1.807, 2.05) is 19.1 Å². The van der Waals surface area contributed by atoms with E-state index >= 15 is 0 Å². The molecular formula is C20H17Cl2FN2O2. The topological polar surface area (TPSA) is 53.4 Å². The number of pyridine rings is 1. The standard InChI is InChI=1S/C20H17Cl2FN2O2/c1-3-25(2)19-17(20(26)27)13(8-11-6-4-5-7-15(11)22)14-9-12(21)10-16(23)18(14)24-19/h4-7,9-10H,3,8H2,1-2H3,(H,26,27). The van der Waals surface area contributed by atoms with Crippen LogP contribution in [0.15, 0.2) is 36.4 Å². The van der Waals surface area contributed by atoms with Crippen LogP contribution in [0.2, 0.25) is 10.0 Å². The molecule has 0 unspecified atom stereocenters. The van der Waals surface area contributed by atoms with Crippen molar-refractivity contribution in [1.82, 2.24) is 4.98 Å². The quantitative estimate of drug-likeness (QED) is 0.613. The van der Waals surface area contributed by atoms with Crippen molar-refractivity contribution in [2.75, 3.05) is 18.5 Å². The molecule has 0 amide bonds. The maximum atomic E-state index is 14.6.